The summed E-state index contributed by atoms with van der Waals surface area (Å²) in [4.78, 5) is 25.3. The van der Waals surface area contributed by atoms with Crippen molar-refractivity contribution in [2.75, 3.05) is 37.5 Å². The van der Waals surface area contributed by atoms with Crippen molar-refractivity contribution in [1.29, 1.82) is 0 Å². The first kappa shape index (κ1) is 20.0. The van der Waals surface area contributed by atoms with Gasteiger partial charge in [-0.15, -0.1) is 10.2 Å². The Kier molecular flexibility index (Phi) is 5.76. The average molecular weight is 426 g/mol. The summed E-state index contributed by atoms with van der Waals surface area (Å²) in [5, 5.41) is 12.8. The minimum atomic E-state index is -3.76. The van der Waals surface area contributed by atoms with E-state index >= 15 is 0 Å². The van der Waals surface area contributed by atoms with E-state index in [4.69, 9.17) is 4.74 Å². The second-order valence-corrected chi connectivity index (χ2v) is 9.22. The SMILES string of the molecule is CN(C)S(=O)(=O)c1nnc(N2C(=O)NCC2COC(=O)Nc2ccccc2)s1. The summed E-state index contributed by atoms with van der Waals surface area (Å²) >= 11 is 0.767. The Morgan fingerprint density at radius 3 is 2.75 bits per heavy atom. The maximum atomic E-state index is 12.2. The Hall–Kier alpha value is -2.77. The van der Waals surface area contributed by atoms with E-state index in [-0.39, 0.29) is 22.6 Å². The highest BCUT2D eigenvalue weighted by atomic mass is 32.2. The Bertz CT molecular complexity index is 962. The molecule has 2 heterocycles. The van der Waals surface area contributed by atoms with Gasteiger partial charge in [0.05, 0.1) is 6.04 Å². The molecule has 1 unspecified atom stereocenters. The zero-order chi connectivity index (χ0) is 20.3. The van der Waals surface area contributed by atoms with Gasteiger partial charge in [0.2, 0.25) is 9.47 Å². The summed E-state index contributed by atoms with van der Waals surface area (Å²) in [6.45, 7) is 0.111. The van der Waals surface area contributed by atoms with Crippen LogP contribution in [0.2, 0.25) is 0 Å². The molecule has 11 nitrogen and oxygen atoms in total. The van der Waals surface area contributed by atoms with E-state index in [1.54, 1.807) is 24.3 Å². The van der Waals surface area contributed by atoms with Crippen LogP contribution in [0, 0.1) is 0 Å². The molecule has 0 spiro atoms. The fourth-order valence-electron chi connectivity index (χ4n) is 2.33. The Morgan fingerprint density at radius 2 is 2.07 bits per heavy atom. The molecule has 0 bridgehead atoms. The predicted octanol–water partition coefficient (Wildman–Crippen LogP) is 0.935. The lowest BCUT2D eigenvalue weighted by atomic mass is 10.3. The first-order valence-corrected chi connectivity index (χ1v) is 10.4. The van der Waals surface area contributed by atoms with Crippen molar-refractivity contribution >= 4 is 44.3 Å². The average Bonchev–Trinajstić information content (AvgIpc) is 3.27. The Balaban J connectivity index is 1.67. The number of rotatable bonds is 6. The van der Waals surface area contributed by atoms with Gasteiger partial charge in [-0.1, -0.05) is 29.5 Å². The first-order chi connectivity index (χ1) is 13.3. The van der Waals surface area contributed by atoms with Gasteiger partial charge in [0.25, 0.3) is 10.0 Å². The van der Waals surface area contributed by atoms with Crippen LogP contribution in [-0.2, 0) is 14.8 Å². The molecule has 0 radical (unpaired) electrons. The van der Waals surface area contributed by atoms with Gasteiger partial charge in [0.15, 0.2) is 0 Å². The second kappa shape index (κ2) is 8.08. The molecule has 1 aliphatic rings. The van der Waals surface area contributed by atoms with E-state index in [0.29, 0.717) is 5.69 Å². The second-order valence-electron chi connectivity index (χ2n) is 5.94. The van der Waals surface area contributed by atoms with E-state index < -0.39 is 28.2 Å². The number of para-hydroxylation sites is 1. The molecule has 0 saturated carbocycles. The minimum Gasteiger partial charge on any atom is -0.447 e. The fraction of sp³-hybridized carbons (Fsp3) is 0.333. The molecule has 1 aromatic heterocycles. The third kappa shape index (κ3) is 4.21. The number of nitrogens with zero attached hydrogens (tertiary/aromatic N) is 4. The molecule has 1 saturated heterocycles. The lowest BCUT2D eigenvalue weighted by Gasteiger charge is -2.19. The Labute approximate surface area is 165 Å². The Morgan fingerprint density at radius 1 is 1.36 bits per heavy atom. The summed E-state index contributed by atoms with van der Waals surface area (Å²) in [7, 11) is -1.00. The third-order valence-electron chi connectivity index (χ3n) is 3.80. The number of hydrogen-bond acceptors (Lipinski definition) is 8. The van der Waals surface area contributed by atoms with Gasteiger partial charge in [-0.25, -0.2) is 22.3 Å². The summed E-state index contributed by atoms with van der Waals surface area (Å²) in [6, 6.07) is 7.76. The molecule has 2 aromatic rings. The number of carbonyl (C=O) groups is 2. The van der Waals surface area contributed by atoms with E-state index in [0.717, 1.165) is 15.6 Å². The maximum Gasteiger partial charge on any atom is 0.411 e. The monoisotopic (exact) mass is 426 g/mol. The van der Waals surface area contributed by atoms with Crippen LogP contribution in [0.15, 0.2) is 34.7 Å². The topological polar surface area (TPSA) is 134 Å². The molecule has 0 aliphatic carbocycles. The van der Waals surface area contributed by atoms with Gasteiger partial charge in [-0.05, 0) is 12.1 Å². The molecule has 13 heteroatoms. The number of hydrogen-bond donors (Lipinski definition) is 2. The normalized spacial score (nSPS) is 16.9. The molecular weight excluding hydrogens is 408 g/mol. The summed E-state index contributed by atoms with van der Waals surface area (Å²) in [5.41, 5.74) is 0.577. The highest BCUT2D eigenvalue weighted by Crippen LogP contribution is 2.28. The number of ether oxygens (including phenoxy) is 1. The zero-order valence-corrected chi connectivity index (χ0v) is 16.7. The standard InChI is InChI=1S/C15H18N6O5S2/c1-20(2)28(24,25)15-19-18-13(27-15)21-11(8-16-12(21)22)9-26-14(23)17-10-6-4-3-5-7-10/h3-7,11H,8-9H2,1-2H3,(H,16,22)(H,17,23). The maximum absolute atomic E-state index is 12.2. The van der Waals surface area contributed by atoms with E-state index in [1.807, 2.05) is 6.07 Å². The van der Waals surface area contributed by atoms with Crippen LogP contribution >= 0.6 is 11.3 Å². The van der Waals surface area contributed by atoms with Gasteiger partial charge in [-0.3, -0.25) is 10.2 Å². The number of nitrogens with one attached hydrogen (secondary N) is 2. The molecule has 28 heavy (non-hydrogen) atoms. The van der Waals surface area contributed by atoms with E-state index in [2.05, 4.69) is 20.8 Å². The van der Waals surface area contributed by atoms with Gasteiger partial charge in [0.1, 0.15) is 6.61 Å². The quantitative estimate of drug-likeness (QED) is 0.657. The fourth-order valence-corrected chi connectivity index (χ4v) is 4.53. The molecule has 1 aromatic carbocycles. The van der Waals surface area contributed by atoms with Gasteiger partial charge in [0, 0.05) is 26.3 Å². The van der Waals surface area contributed by atoms with Crippen molar-refractivity contribution < 1.29 is 22.7 Å². The van der Waals surface area contributed by atoms with Gasteiger partial charge >= 0.3 is 12.1 Å². The highest BCUT2D eigenvalue weighted by molar-refractivity contribution is 7.91. The summed E-state index contributed by atoms with van der Waals surface area (Å²) in [6.07, 6.45) is -0.668. The van der Waals surface area contributed by atoms with Gasteiger partial charge in [-0.2, -0.15) is 0 Å². The molecule has 1 atom stereocenters. The van der Waals surface area contributed by atoms with Crippen molar-refractivity contribution in [3.63, 3.8) is 0 Å². The molecule has 3 rings (SSSR count). The highest BCUT2D eigenvalue weighted by Gasteiger charge is 2.36. The zero-order valence-electron chi connectivity index (χ0n) is 15.0. The van der Waals surface area contributed by atoms with Crippen molar-refractivity contribution in [1.82, 2.24) is 19.8 Å². The van der Waals surface area contributed by atoms with Crippen molar-refractivity contribution in [2.24, 2.45) is 0 Å². The third-order valence-corrected chi connectivity index (χ3v) is 6.89. The van der Waals surface area contributed by atoms with Crippen LogP contribution in [0.4, 0.5) is 20.4 Å². The summed E-state index contributed by atoms with van der Waals surface area (Å²) < 4.78 is 30.3. The molecule has 2 N–H and O–H groups in total. The number of aromatic nitrogens is 2. The van der Waals surface area contributed by atoms with Crippen LogP contribution in [0.5, 0.6) is 0 Å². The number of benzene rings is 1. The molecular formula is C15H18N6O5S2. The first-order valence-electron chi connectivity index (χ1n) is 8.11. The smallest absolute Gasteiger partial charge is 0.411 e. The lowest BCUT2D eigenvalue weighted by molar-refractivity contribution is 0.155. The molecule has 1 aliphatic heterocycles. The van der Waals surface area contributed by atoms with Crippen LogP contribution in [0.25, 0.3) is 0 Å². The number of urea groups is 1. The van der Waals surface area contributed by atoms with Gasteiger partial charge < -0.3 is 10.1 Å². The number of carbonyl (C=O) groups excluding carboxylic acids is 2. The van der Waals surface area contributed by atoms with E-state index in [9.17, 15) is 18.0 Å². The van der Waals surface area contributed by atoms with E-state index in [1.165, 1.54) is 19.0 Å². The number of anilines is 2. The number of sulfonamides is 1. The lowest BCUT2D eigenvalue weighted by Crippen LogP contribution is -2.38. The minimum absolute atomic E-state index is 0.104. The van der Waals surface area contributed by atoms with Crippen LogP contribution in [0.1, 0.15) is 0 Å². The summed E-state index contributed by atoms with van der Waals surface area (Å²) in [5.74, 6) is 0. The van der Waals surface area contributed by atoms with Crippen molar-refractivity contribution in [3.8, 4) is 0 Å². The van der Waals surface area contributed by atoms with Crippen LogP contribution in [0.3, 0.4) is 0 Å². The largest absolute Gasteiger partial charge is 0.447 e. The van der Waals surface area contributed by atoms with Crippen LogP contribution < -0.4 is 15.5 Å². The molecule has 150 valence electrons. The predicted molar refractivity (Wildman–Crippen MR) is 102 cm³/mol. The van der Waals surface area contributed by atoms with Crippen molar-refractivity contribution in [2.45, 2.75) is 10.4 Å². The van der Waals surface area contributed by atoms with Crippen LogP contribution in [-0.4, -0.2) is 68.3 Å². The van der Waals surface area contributed by atoms with Crippen molar-refractivity contribution in [3.05, 3.63) is 30.3 Å². The molecule has 1 fully saturated rings. The molecule has 3 amide bonds. The number of amides is 3.